The van der Waals surface area contributed by atoms with Crippen molar-refractivity contribution in [3.05, 3.63) is 108 Å². The van der Waals surface area contributed by atoms with Crippen molar-refractivity contribution in [2.75, 3.05) is 6.61 Å². The van der Waals surface area contributed by atoms with Gasteiger partial charge in [0, 0.05) is 0 Å². The monoisotopic (exact) mass is 532 g/mol. The average Bonchev–Trinajstić information content (AvgIpc) is 3.43. The number of ether oxygens (including phenoxy) is 6. The molecule has 3 aromatic carbocycles. The van der Waals surface area contributed by atoms with Crippen LogP contribution in [0.3, 0.4) is 0 Å². The van der Waals surface area contributed by atoms with Crippen molar-refractivity contribution in [3.63, 3.8) is 0 Å². The van der Waals surface area contributed by atoms with Gasteiger partial charge in [-0.25, -0.2) is 14.4 Å². The molecule has 2 heterocycles. The molecule has 2 aliphatic heterocycles. The van der Waals surface area contributed by atoms with Crippen LogP contribution in [0.2, 0.25) is 0 Å². The van der Waals surface area contributed by atoms with E-state index in [2.05, 4.69) is 0 Å². The highest BCUT2D eigenvalue weighted by Gasteiger charge is 2.59. The molecule has 0 aliphatic carbocycles. The van der Waals surface area contributed by atoms with Gasteiger partial charge in [-0.05, 0) is 50.2 Å². The standard InChI is InChI=1S/C30H28O9/c1-30(2)38-25-24(36-28(33)21-16-10-5-11-17-21)23(37-29(25)39-30)22(35-27(32)20-14-8-4-9-15-20)18-34-26(31)19-12-6-3-7-13-19/h3-17,22-25,29H,18H2,1-2H3/t22-,23-,24+,25-,29-/m0/s1. The fourth-order valence-corrected chi connectivity index (χ4v) is 4.49. The largest absolute Gasteiger partial charge is 0.458 e. The van der Waals surface area contributed by atoms with Crippen molar-refractivity contribution in [2.24, 2.45) is 0 Å². The fourth-order valence-electron chi connectivity index (χ4n) is 4.49. The van der Waals surface area contributed by atoms with Crippen molar-refractivity contribution >= 4 is 17.9 Å². The predicted octanol–water partition coefficient (Wildman–Crippen LogP) is 4.17. The predicted molar refractivity (Wildman–Crippen MR) is 137 cm³/mol. The molecule has 0 spiro atoms. The zero-order chi connectivity index (χ0) is 27.4. The number of esters is 3. The number of hydrogen-bond acceptors (Lipinski definition) is 9. The van der Waals surface area contributed by atoms with E-state index in [1.165, 1.54) is 0 Å². The maximum Gasteiger partial charge on any atom is 0.338 e. The molecule has 0 aromatic heterocycles. The normalized spacial score (nSPS) is 23.8. The number of hydrogen-bond donors (Lipinski definition) is 0. The Hall–Kier alpha value is -4.05. The van der Waals surface area contributed by atoms with Gasteiger partial charge in [0.2, 0.25) is 0 Å². The van der Waals surface area contributed by atoms with E-state index in [4.69, 9.17) is 28.4 Å². The summed E-state index contributed by atoms with van der Waals surface area (Å²) in [6, 6.07) is 25.2. The van der Waals surface area contributed by atoms with E-state index in [9.17, 15) is 14.4 Å². The second-order valence-electron chi connectivity index (χ2n) is 9.58. The Morgan fingerprint density at radius 1 is 0.744 bits per heavy atom. The molecule has 0 amide bonds. The van der Waals surface area contributed by atoms with Gasteiger partial charge in [0.05, 0.1) is 16.7 Å². The Bertz CT molecular complexity index is 1290. The van der Waals surface area contributed by atoms with Crippen LogP contribution in [-0.2, 0) is 28.4 Å². The maximum atomic E-state index is 13.0. The van der Waals surface area contributed by atoms with Crippen LogP contribution in [0.4, 0.5) is 0 Å². The third-order valence-electron chi connectivity index (χ3n) is 6.30. The van der Waals surface area contributed by atoms with Gasteiger partial charge in [-0.3, -0.25) is 0 Å². The summed E-state index contributed by atoms with van der Waals surface area (Å²) in [6.45, 7) is 3.07. The lowest BCUT2D eigenvalue weighted by molar-refractivity contribution is -0.227. The summed E-state index contributed by atoms with van der Waals surface area (Å²) in [6.07, 6.45) is -4.95. The minimum absolute atomic E-state index is 0.293. The molecule has 5 rings (SSSR count). The van der Waals surface area contributed by atoms with E-state index in [1.807, 2.05) is 0 Å². The molecule has 5 atom stereocenters. The Balaban J connectivity index is 1.41. The summed E-state index contributed by atoms with van der Waals surface area (Å²) in [5, 5.41) is 0. The van der Waals surface area contributed by atoms with E-state index in [1.54, 1.807) is 105 Å². The van der Waals surface area contributed by atoms with Gasteiger partial charge in [0.25, 0.3) is 0 Å². The zero-order valence-corrected chi connectivity index (χ0v) is 21.4. The van der Waals surface area contributed by atoms with E-state index in [0.29, 0.717) is 16.7 Å². The van der Waals surface area contributed by atoms with E-state index >= 15 is 0 Å². The molecule has 0 radical (unpaired) electrons. The van der Waals surface area contributed by atoms with Gasteiger partial charge in [0.1, 0.15) is 12.7 Å². The first kappa shape index (κ1) is 26.6. The molecule has 9 nitrogen and oxygen atoms in total. The van der Waals surface area contributed by atoms with Gasteiger partial charge >= 0.3 is 17.9 Å². The van der Waals surface area contributed by atoms with Crippen LogP contribution in [-0.4, -0.2) is 61.0 Å². The second-order valence-corrected chi connectivity index (χ2v) is 9.58. The molecule has 3 aromatic rings. The first-order valence-corrected chi connectivity index (χ1v) is 12.6. The van der Waals surface area contributed by atoms with Gasteiger partial charge in [0.15, 0.2) is 30.4 Å². The van der Waals surface area contributed by atoms with E-state index < -0.39 is 54.4 Å². The Morgan fingerprint density at radius 3 is 1.82 bits per heavy atom. The lowest BCUT2D eigenvalue weighted by Gasteiger charge is -2.30. The molecule has 0 unspecified atom stereocenters. The zero-order valence-electron chi connectivity index (χ0n) is 21.4. The highest BCUT2D eigenvalue weighted by atomic mass is 16.8. The van der Waals surface area contributed by atoms with Gasteiger partial charge in [-0.15, -0.1) is 0 Å². The molecule has 2 aliphatic rings. The second kappa shape index (κ2) is 11.4. The highest BCUT2D eigenvalue weighted by Crippen LogP contribution is 2.40. The van der Waals surface area contributed by atoms with Gasteiger partial charge < -0.3 is 28.4 Å². The number of fused-ring (bicyclic) bond motifs is 1. The van der Waals surface area contributed by atoms with Crippen molar-refractivity contribution in [2.45, 2.75) is 50.3 Å². The number of benzene rings is 3. The highest BCUT2D eigenvalue weighted by molar-refractivity contribution is 5.90. The summed E-state index contributed by atoms with van der Waals surface area (Å²) in [5.41, 5.74) is 0.947. The third kappa shape index (κ3) is 6.17. The third-order valence-corrected chi connectivity index (χ3v) is 6.30. The molecule has 9 heteroatoms. The Labute approximate surface area is 225 Å². The summed E-state index contributed by atoms with van der Waals surface area (Å²) in [7, 11) is 0. The van der Waals surface area contributed by atoms with Crippen molar-refractivity contribution in [1.29, 1.82) is 0 Å². The lowest BCUT2D eigenvalue weighted by Crippen LogP contribution is -2.47. The number of carbonyl (C=O) groups is 3. The Kier molecular flexibility index (Phi) is 7.74. The molecule has 0 bridgehead atoms. The van der Waals surface area contributed by atoms with Crippen molar-refractivity contribution in [3.8, 4) is 0 Å². The summed E-state index contributed by atoms with van der Waals surface area (Å²) < 4.78 is 35.2. The first-order chi connectivity index (χ1) is 18.8. The van der Waals surface area contributed by atoms with Crippen LogP contribution in [0, 0.1) is 0 Å². The van der Waals surface area contributed by atoms with Crippen LogP contribution >= 0.6 is 0 Å². The van der Waals surface area contributed by atoms with Crippen LogP contribution in [0.15, 0.2) is 91.0 Å². The summed E-state index contributed by atoms with van der Waals surface area (Å²) in [4.78, 5) is 38.8. The van der Waals surface area contributed by atoms with Crippen LogP contribution in [0.5, 0.6) is 0 Å². The molecule has 39 heavy (non-hydrogen) atoms. The molecule has 2 fully saturated rings. The van der Waals surface area contributed by atoms with Crippen LogP contribution in [0.1, 0.15) is 44.9 Å². The minimum atomic E-state index is -1.15. The van der Waals surface area contributed by atoms with Crippen LogP contribution in [0.25, 0.3) is 0 Å². The lowest BCUT2D eigenvalue weighted by atomic mass is 10.1. The molecule has 0 N–H and O–H groups in total. The topological polar surface area (TPSA) is 107 Å². The smallest absolute Gasteiger partial charge is 0.338 e. The molecule has 0 saturated carbocycles. The SMILES string of the molecule is CC1(C)O[C@@H]2O[C@@H]([C@H](COC(=O)c3ccccc3)OC(=O)c3ccccc3)[C@@H](OC(=O)c3ccccc3)[C@@H]2O1. The van der Waals surface area contributed by atoms with Gasteiger partial charge in [-0.1, -0.05) is 54.6 Å². The van der Waals surface area contributed by atoms with Gasteiger partial charge in [-0.2, -0.15) is 0 Å². The number of carbonyl (C=O) groups excluding carboxylic acids is 3. The average molecular weight is 533 g/mol. The van der Waals surface area contributed by atoms with Crippen molar-refractivity contribution < 1.29 is 42.8 Å². The minimum Gasteiger partial charge on any atom is -0.458 e. The summed E-state index contributed by atoms with van der Waals surface area (Å²) >= 11 is 0. The van der Waals surface area contributed by atoms with Crippen LogP contribution < -0.4 is 0 Å². The van der Waals surface area contributed by atoms with E-state index in [0.717, 1.165) is 0 Å². The summed E-state index contributed by atoms with van der Waals surface area (Å²) in [5.74, 6) is -2.88. The molecular formula is C30H28O9. The molecule has 202 valence electrons. The molecular weight excluding hydrogens is 504 g/mol. The maximum absolute atomic E-state index is 13.0. The van der Waals surface area contributed by atoms with E-state index in [-0.39, 0.29) is 6.61 Å². The molecule has 2 saturated heterocycles. The number of rotatable bonds is 8. The quantitative estimate of drug-likeness (QED) is 0.312. The fraction of sp³-hybridized carbons (Fsp3) is 0.300. The Morgan fingerprint density at radius 2 is 1.26 bits per heavy atom. The van der Waals surface area contributed by atoms with Crippen molar-refractivity contribution in [1.82, 2.24) is 0 Å². The first-order valence-electron chi connectivity index (χ1n) is 12.6.